The molecule has 2 rings (SSSR count). The van der Waals surface area contributed by atoms with Gasteiger partial charge in [-0.1, -0.05) is 36.4 Å². The highest BCUT2D eigenvalue weighted by atomic mass is 32.2. The summed E-state index contributed by atoms with van der Waals surface area (Å²) < 4.78 is 0. The van der Waals surface area contributed by atoms with Crippen LogP contribution in [-0.4, -0.2) is 16.6 Å². The molecule has 1 atom stereocenters. The summed E-state index contributed by atoms with van der Waals surface area (Å²) in [6.07, 6.45) is 2.21. The summed E-state index contributed by atoms with van der Waals surface area (Å²) in [6.45, 7) is 0. The Hall–Kier alpha value is -1.85. The van der Waals surface area contributed by atoms with Gasteiger partial charge in [0.15, 0.2) is 0 Å². The fraction of sp³-hybridized carbons (Fsp3) is 0.200. The number of rotatable bonds is 6. The second-order valence-corrected chi connectivity index (χ2v) is 5.58. The van der Waals surface area contributed by atoms with E-state index in [9.17, 15) is 4.79 Å². The molecule has 5 heteroatoms. The van der Waals surface area contributed by atoms with E-state index in [0.29, 0.717) is 12.2 Å². The molecule has 20 heavy (non-hydrogen) atoms. The van der Waals surface area contributed by atoms with Crippen LogP contribution < -0.4 is 11.5 Å². The van der Waals surface area contributed by atoms with Crippen molar-refractivity contribution in [2.45, 2.75) is 17.0 Å². The quantitative estimate of drug-likeness (QED) is 0.795. The summed E-state index contributed by atoms with van der Waals surface area (Å²) in [5, 5.41) is 0.910. The van der Waals surface area contributed by atoms with E-state index in [4.69, 9.17) is 11.5 Å². The Bertz CT molecular complexity index is 562. The number of carbonyl (C=O) groups is 1. The Labute approximate surface area is 122 Å². The predicted molar refractivity (Wildman–Crippen MR) is 81.1 cm³/mol. The fourth-order valence-electron chi connectivity index (χ4n) is 1.89. The molecule has 0 aliphatic rings. The molecule has 4 N–H and O–H groups in total. The number of aromatic nitrogens is 1. The van der Waals surface area contributed by atoms with E-state index in [1.807, 2.05) is 48.5 Å². The van der Waals surface area contributed by atoms with Crippen molar-refractivity contribution in [1.82, 2.24) is 4.98 Å². The van der Waals surface area contributed by atoms with Crippen LogP contribution in [0.3, 0.4) is 0 Å². The first-order valence-electron chi connectivity index (χ1n) is 6.31. The Morgan fingerprint density at radius 2 is 1.85 bits per heavy atom. The van der Waals surface area contributed by atoms with E-state index in [-0.39, 0.29) is 0 Å². The molecule has 0 fully saturated rings. The van der Waals surface area contributed by atoms with Crippen LogP contribution in [0.1, 0.15) is 12.0 Å². The number of benzene rings is 1. The molecule has 0 aliphatic heterocycles. The van der Waals surface area contributed by atoms with Gasteiger partial charge in [-0.15, -0.1) is 11.8 Å². The molecule has 0 saturated carbocycles. The lowest BCUT2D eigenvalue weighted by molar-refractivity contribution is -0.123. The lowest BCUT2D eigenvalue weighted by Crippen LogP contribution is -2.49. The van der Waals surface area contributed by atoms with E-state index < -0.39 is 11.4 Å². The van der Waals surface area contributed by atoms with Gasteiger partial charge in [-0.05, 0) is 24.1 Å². The molecule has 0 spiro atoms. The van der Waals surface area contributed by atoms with Crippen molar-refractivity contribution in [1.29, 1.82) is 0 Å². The van der Waals surface area contributed by atoms with Gasteiger partial charge >= 0.3 is 0 Å². The van der Waals surface area contributed by atoms with E-state index >= 15 is 0 Å². The number of nitrogens with two attached hydrogens (primary N) is 2. The Balaban J connectivity index is 2.05. The third kappa shape index (κ3) is 3.37. The van der Waals surface area contributed by atoms with Crippen LogP contribution in [0, 0.1) is 0 Å². The van der Waals surface area contributed by atoms with Crippen molar-refractivity contribution < 1.29 is 4.79 Å². The highest BCUT2D eigenvalue weighted by Crippen LogP contribution is 2.26. The summed E-state index contributed by atoms with van der Waals surface area (Å²) in [5.41, 5.74) is 11.3. The molecule has 1 heterocycles. The smallest absolute Gasteiger partial charge is 0.242 e. The number of pyridine rings is 1. The Morgan fingerprint density at radius 3 is 2.45 bits per heavy atom. The number of hydrogen-bond donors (Lipinski definition) is 2. The molecule has 1 amide bonds. The zero-order valence-electron chi connectivity index (χ0n) is 11.0. The normalized spacial score (nSPS) is 13.7. The molecule has 1 aromatic heterocycles. The number of nitrogens with zero attached hydrogens (tertiary/aromatic N) is 1. The third-order valence-corrected chi connectivity index (χ3v) is 4.06. The fourth-order valence-corrected chi connectivity index (χ4v) is 2.84. The first-order chi connectivity index (χ1) is 9.63. The van der Waals surface area contributed by atoms with Gasteiger partial charge in [0, 0.05) is 11.9 Å². The van der Waals surface area contributed by atoms with Crippen molar-refractivity contribution in [3.05, 3.63) is 60.3 Å². The average Bonchev–Trinajstić information content (AvgIpc) is 2.49. The predicted octanol–water partition coefficient (Wildman–Crippen LogP) is 1.90. The lowest BCUT2D eigenvalue weighted by Gasteiger charge is -2.26. The molecule has 2 aromatic rings. The van der Waals surface area contributed by atoms with Crippen LogP contribution in [-0.2, 0) is 10.3 Å². The summed E-state index contributed by atoms with van der Waals surface area (Å²) in [7, 11) is 0. The summed E-state index contributed by atoms with van der Waals surface area (Å²) in [4.78, 5) is 16.0. The molecular formula is C15H17N3OS. The van der Waals surface area contributed by atoms with Crippen LogP contribution in [0.15, 0.2) is 59.8 Å². The minimum absolute atomic E-state index is 0.466. The largest absolute Gasteiger partial charge is 0.368 e. The van der Waals surface area contributed by atoms with Gasteiger partial charge in [0.1, 0.15) is 5.54 Å². The molecule has 1 unspecified atom stereocenters. The number of amides is 1. The number of thioether (sulfide) groups is 1. The SMILES string of the molecule is NC(=O)C(N)(CCSc1ccccn1)c1ccccc1. The molecule has 0 bridgehead atoms. The second kappa shape index (κ2) is 6.54. The molecule has 0 radical (unpaired) electrons. The molecule has 0 aliphatic carbocycles. The Kier molecular flexibility index (Phi) is 4.76. The van der Waals surface area contributed by atoms with Gasteiger partial charge in [-0.3, -0.25) is 4.79 Å². The van der Waals surface area contributed by atoms with E-state index in [1.54, 1.807) is 18.0 Å². The zero-order chi connectivity index (χ0) is 14.4. The maximum Gasteiger partial charge on any atom is 0.242 e. The van der Waals surface area contributed by atoms with E-state index in [0.717, 1.165) is 10.6 Å². The van der Waals surface area contributed by atoms with Crippen LogP contribution in [0.2, 0.25) is 0 Å². The maximum atomic E-state index is 11.7. The first kappa shape index (κ1) is 14.6. The summed E-state index contributed by atoms with van der Waals surface area (Å²) in [6, 6.07) is 15.0. The second-order valence-electron chi connectivity index (χ2n) is 4.47. The number of hydrogen-bond acceptors (Lipinski definition) is 4. The van der Waals surface area contributed by atoms with Crippen molar-refractivity contribution >= 4 is 17.7 Å². The van der Waals surface area contributed by atoms with E-state index in [1.165, 1.54) is 0 Å². The average molecular weight is 287 g/mol. The monoisotopic (exact) mass is 287 g/mol. The van der Waals surface area contributed by atoms with Gasteiger partial charge in [0.2, 0.25) is 5.91 Å². The van der Waals surface area contributed by atoms with Crippen molar-refractivity contribution in [3.63, 3.8) is 0 Å². The lowest BCUT2D eigenvalue weighted by atomic mass is 9.88. The minimum atomic E-state index is -1.14. The minimum Gasteiger partial charge on any atom is -0.368 e. The van der Waals surface area contributed by atoms with Crippen LogP contribution in [0.25, 0.3) is 0 Å². The highest BCUT2D eigenvalue weighted by molar-refractivity contribution is 7.99. The third-order valence-electron chi connectivity index (χ3n) is 3.11. The van der Waals surface area contributed by atoms with Crippen molar-refractivity contribution in [2.75, 3.05) is 5.75 Å². The zero-order valence-corrected chi connectivity index (χ0v) is 11.8. The van der Waals surface area contributed by atoms with Gasteiger partial charge in [0.25, 0.3) is 0 Å². The van der Waals surface area contributed by atoms with Crippen molar-refractivity contribution in [2.24, 2.45) is 11.5 Å². The van der Waals surface area contributed by atoms with Crippen LogP contribution in [0.4, 0.5) is 0 Å². The molecule has 4 nitrogen and oxygen atoms in total. The standard InChI is InChI=1S/C15H17N3OS/c16-14(19)15(17,12-6-2-1-3-7-12)9-11-20-13-8-4-5-10-18-13/h1-8,10H,9,11,17H2,(H2,16,19). The number of primary amides is 1. The molecule has 104 valence electrons. The maximum absolute atomic E-state index is 11.7. The molecule has 1 aromatic carbocycles. The van der Waals surface area contributed by atoms with Crippen LogP contribution >= 0.6 is 11.8 Å². The van der Waals surface area contributed by atoms with Crippen LogP contribution in [0.5, 0.6) is 0 Å². The Morgan fingerprint density at radius 1 is 1.15 bits per heavy atom. The number of carbonyl (C=O) groups excluding carboxylic acids is 1. The first-order valence-corrected chi connectivity index (χ1v) is 7.29. The summed E-state index contributed by atoms with van der Waals surface area (Å²) in [5.74, 6) is 0.163. The highest BCUT2D eigenvalue weighted by Gasteiger charge is 2.33. The summed E-state index contributed by atoms with van der Waals surface area (Å²) >= 11 is 1.56. The van der Waals surface area contributed by atoms with Gasteiger partial charge in [0.05, 0.1) is 5.03 Å². The van der Waals surface area contributed by atoms with E-state index in [2.05, 4.69) is 4.98 Å². The topological polar surface area (TPSA) is 82.0 Å². The van der Waals surface area contributed by atoms with Gasteiger partial charge in [-0.2, -0.15) is 0 Å². The van der Waals surface area contributed by atoms with Gasteiger partial charge in [-0.25, -0.2) is 4.98 Å². The van der Waals surface area contributed by atoms with Crippen molar-refractivity contribution in [3.8, 4) is 0 Å². The molecular weight excluding hydrogens is 270 g/mol. The van der Waals surface area contributed by atoms with Gasteiger partial charge < -0.3 is 11.5 Å². The molecule has 0 saturated heterocycles.